The van der Waals surface area contributed by atoms with Gasteiger partial charge in [0.1, 0.15) is 5.76 Å². The molecule has 7 heteroatoms. The lowest BCUT2D eigenvalue weighted by molar-refractivity contribution is -0.115. The quantitative estimate of drug-likeness (QED) is 0.752. The first-order valence-electron chi connectivity index (χ1n) is 7.25. The largest absolute Gasteiger partial charge is 0.360 e. The monoisotopic (exact) mass is 328 g/mol. The minimum Gasteiger partial charge on any atom is -0.360 e. The first kappa shape index (κ1) is 15.4. The number of thiazole rings is 1. The van der Waals surface area contributed by atoms with Gasteiger partial charge < -0.3 is 9.84 Å². The molecule has 1 N–H and O–H groups in total. The Kier molecular flexibility index (Phi) is 4.77. The second-order valence-corrected chi connectivity index (χ2v) is 6.04. The van der Waals surface area contributed by atoms with Crippen molar-refractivity contribution in [3.05, 3.63) is 58.0 Å². The van der Waals surface area contributed by atoms with E-state index in [-0.39, 0.29) is 12.3 Å². The lowest BCUT2D eigenvalue weighted by Gasteiger charge is -1.99. The zero-order valence-corrected chi connectivity index (χ0v) is 13.5. The molecule has 3 heterocycles. The number of aryl methyl sites for hydroxylation is 3. The highest BCUT2D eigenvalue weighted by Crippen LogP contribution is 2.14. The summed E-state index contributed by atoms with van der Waals surface area (Å²) < 4.78 is 4.91. The second kappa shape index (κ2) is 7.15. The number of amides is 1. The van der Waals surface area contributed by atoms with E-state index in [1.54, 1.807) is 30.5 Å². The number of pyridine rings is 1. The van der Waals surface area contributed by atoms with Gasteiger partial charge in [-0.3, -0.25) is 9.78 Å². The Bertz CT molecular complexity index is 782. The Balaban J connectivity index is 1.51. The van der Waals surface area contributed by atoms with Crippen molar-refractivity contribution in [3.8, 4) is 0 Å². The molecule has 0 aliphatic heterocycles. The van der Waals surface area contributed by atoms with E-state index < -0.39 is 0 Å². The Hall–Kier alpha value is -2.54. The van der Waals surface area contributed by atoms with Gasteiger partial charge in [0, 0.05) is 29.8 Å². The molecule has 0 aliphatic carbocycles. The number of nitrogens with one attached hydrogen (secondary N) is 1. The van der Waals surface area contributed by atoms with Crippen LogP contribution in [0.15, 0.2) is 40.4 Å². The average Bonchev–Trinajstić information content (AvgIpc) is 3.15. The van der Waals surface area contributed by atoms with E-state index in [2.05, 4.69) is 20.4 Å². The van der Waals surface area contributed by atoms with Crippen LogP contribution in [-0.4, -0.2) is 21.0 Å². The first-order chi connectivity index (χ1) is 11.2. The normalized spacial score (nSPS) is 10.7. The smallest absolute Gasteiger partial charge is 0.231 e. The summed E-state index contributed by atoms with van der Waals surface area (Å²) >= 11 is 1.57. The summed E-state index contributed by atoms with van der Waals surface area (Å²) in [6.45, 7) is 1.77. The van der Waals surface area contributed by atoms with Crippen LogP contribution in [0.1, 0.15) is 22.2 Å². The third-order valence-electron chi connectivity index (χ3n) is 3.16. The molecule has 23 heavy (non-hydrogen) atoms. The number of carbonyl (C=O) groups is 1. The van der Waals surface area contributed by atoms with Crippen molar-refractivity contribution in [2.24, 2.45) is 0 Å². The van der Waals surface area contributed by atoms with Crippen LogP contribution in [0.3, 0.4) is 0 Å². The average molecular weight is 328 g/mol. The van der Waals surface area contributed by atoms with Crippen molar-refractivity contribution >= 4 is 23.1 Å². The molecule has 0 fully saturated rings. The van der Waals surface area contributed by atoms with Crippen molar-refractivity contribution in [2.45, 2.75) is 26.2 Å². The summed E-state index contributed by atoms with van der Waals surface area (Å²) in [4.78, 5) is 20.7. The third kappa shape index (κ3) is 4.46. The lowest BCUT2D eigenvalue weighted by Crippen LogP contribution is -2.14. The number of carbonyl (C=O) groups excluding carboxylic acids is 1. The van der Waals surface area contributed by atoms with Gasteiger partial charge in [-0.15, -0.1) is 11.3 Å². The van der Waals surface area contributed by atoms with E-state index in [1.807, 2.05) is 23.6 Å². The molecule has 6 nitrogen and oxygen atoms in total. The predicted molar refractivity (Wildman–Crippen MR) is 87.3 cm³/mol. The standard InChI is InChI=1S/C16H16N4O2S/c1-11-8-14(20-22-11)19-15(21)9-13-10-23-16(18-13)6-5-12-4-2-3-7-17-12/h2-4,7-8,10H,5-6,9H2,1H3,(H,19,20,21). The molecule has 0 atom stereocenters. The Morgan fingerprint density at radius 2 is 2.22 bits per heavy atom. The number of rotatable bonds is 6. The highest BCUT2D eigenvalue weighted by Gasteiger charge is 2.10. The summed E-state index contributed by atoms with van der Waals surface area (Å²) in [5.41, 5.74) is 1.81. The first-order valence-corrected chi connectivity index (χ1v) is 8.13. The fraction of sp³-hybridized carbons (Fsp3) is 0.250. The number of anilines is 1. The van der Waals surface area contributed by atoms with E-state index in [0.29, 0.717) is 11.6 Å². The zero-order valence-electron chi connectivity index (χ0n) is 12.7. The molecule has 3 aromatic heterocycles. The summed E-state index contributed by atoms with van der Waals surface area (Å²) in [7, 11) is 0. The van der Waals surface area contributed by atoms with E-state index in [4.69, 9.17) is 4.52 Å². The maximum atomic E-state index is 11.9. The van der Waals surface area contributed by atoms with Gasteiger partial charge in [-0.05, 0) is 25.5 Å². The highest BCUT2D eigenvalue weighted by atomic mass is 32.1. The van der Waals surface area contributed by atoms with Crippen molar-refractivity contribution in [1.29, 1.82) is 0 Å². The molecule has 0 aromatic carbocycles. The van der Waals surface area contributed by atoms with E-state index in [0.717, 1.165) is 29.2 Å². The summed E-state index contributed by atoms with van der Waals surface area (Å²) in [6, 6.07) is 7.56. The predicted octanol–water partition coefficient (Wildman–Crippen LogP) is 2.80. The van der Waals surface area contributed by atoms with Gasteiger partial charge >= 0.3 is 0 Å². The van der Waals surface area contributed by atoms with Crippen molar-refractivity contribution < 1.29 is 9.32 Å². The summed E-state index contributed by atoms with van der Waals surface area (Å²) in [6.07, 6.45) is 3.69. The third-order valence-corrected chi connectivity index (χ3v) is 4.12. The van der Waals surface area contributed by atoms with Gasteiger partial charge in [-0.25, -0.2) is 4.98 Å². The molecular formula is C16H16N4O2S. The fourth-order valence-corrected chi connectivity index (χ4v) is 2.90. The Labute approximate surface area is 137 Å². The molecule has 0 spiro atoms. The van der Waals surface area contributed by atoms with Crippen LogP contribution in [-0.2, 0) is 24.1 Å². The molecular weight excluding hydrogens is 312 g/mol. The number of hydrogen-bond acceptors (Lipinski definition) is 6. The number of aromatic nitrogens is 3. The molecule has 0 radical (unpaired) electrons. The van der Waals surface area contributed by atoms with Gasteiger partial charge in [0.2, 0.25) is 5.91 Å². The van der Waals surface area contributed by atoms with E-state index in [1.165, 1.54) is 0 Å². The number of hydrogen-bond donors (Lipinski definition) is 1. The van der Waals surface area contributed by atoms with Crippen molar-refractivity contribution in [3.63, 3.8) is 0 Å². The topological polar surface area (TPSA) is 80.9 Å². The van der Waals surface area contributed by atoms with Gasteiger partial charge in [-0.1, -0.05) is 11.2 Å². The van der Waals surface area contributed by atoms with Gasteiger partial charge in [0.05, 0.1) is 17.1 Å². The van der Waals surface area contributed by atoms with Crippen LogP contribution in [0.2, 0.25) is 0 Å². The molecule has 0 saturated carbocycles. The highest BCUT2D eigenvalue weighted by molar-refractivity contribution is 7.09. The van der Waals surface area contributed by atoms with E-state index in [9.17, 15) is 4.79 Å². The van der Waals surface area contributed by atoms with Crippen molar-refractivity contribution in [1.82, 2.24) is 15.1 Å². The van der Waals surface area contributed by atoms with Gasteiger partial charge in [-0.2, -0.15) is 0 Å². The molecule has 1 amide bonds. The number of nitrogens with zero attached hydrogens (tertiary/aromatic N) is 3. The van der Waals surface area contributed by atoms with Crippen LogP contribution >= 0.6 is 11.3 Å². The molecule has 0 aliphatic rings. The molecule has 3 rings (SSSR count). The van der Waals surface area contributed by atoms with Crippen LogP contribution < -0.4 is 5.32 Å². The fourth-order valence-electron chi connectivity index (χ4n) is 2.10. The van der Waals surface area contributed by atoms with Crippen LogP contribution in [0.25, 0.3) is 0 Å². The molecule has 3 aromatic rings. The maximum Gasteiger partial charge on any atom is 0.231 e. The Morgan fingerprint density at radius 3 is 2.96 bits per heavy atom. The molecule has 0 saturated heterocycles. The minimum atomic E-state index is -0.153. The minimum absolute atomic E-state index is 0.153. The second-order valence-electron chi connectivity index (χ2n) is 5.10. The molecule has 118 valence electrons. The van der Waals surface area contributed by atoms with Gasteiger partial charge in [0.25, 0.3) is 0 Å². The van der Waals surface area contributed by atoms with Crippen LogP contribution in [0.5, 0.6) is 0 Å². The van der Waals surface area contributed by atoms with E-state index >= 15 is 0 Å². The lowest BCUT2D eigenvalue weighted by atomic mass is 10.2. The summed E-state index contributed by atoms with van der Waals surface area (Å²) in [5.74, 6) is 0.934. The SMILES string of the molecule is Cc1cc(NC(=O)Cc2csc(CCc3ccccn3)n2)no1. The Morgan fingerprint density at radius 1 is 1.30 bits per heavy atom. The maximum absolute atomic E-state index is 11.9. The summed E-state index contributed by atoms with van der Waals surface area (Å²) in [5, 5.41) is 9.35. The molecule has 0 unspecified atom stereocenters. The van der Waals surface area contributed by atoms with Crippen molar-refractivity contribution in [2.75, 3.05) is 5.32 Å². The van der Waals surface area contributed by atoms with Gasteiger partial charge in [0.15, 0.2) is 5.82 Å². The van der Waals surface area contributed by atoms with Crippen LogP contribution in [0.4, 0.5) is 5.82 Å². The molecule has 0 bridgehead atoms. The zero-order chi connectivity index (χ0) is 16.1. The van der Waals surface area contributed by atoms with Crippen LogP contribution in [0, 0.1) is 6.92 Å².